The standard InChI is InChI=1S/C23H28FNO/c24-21-12-10-19(11-13-21)17-26-23-16-25(14-18-6-2-1-3-7-18)15-20-8-4-5-9-22(20)23/h1-3,6-7,10-13,20,22-23H,4-5,8-9,14-17H2/t20?,22-,23+/m1/s1. The molecule has 138 valence electrons. The van der Waals surface area contributed by atoms with E-state index in [1.165, 1.54) is 49.9 Å². The molecule has 0 amide bonds. The van der Waals surface area contributed by atoms with Crippen LogP contribution in [0.2, 0.25) is 0 Å². The molecule has 3 heteroatoms. The van der Waals surface area contributed by atoms with Crippen molar-refractivity contribution in [2.45, 2.75) is 44.9 Å². The van der Waals surface area contributed by atoms with Crippen molar-refractivity contribution >= 4 is 0 Å². The van der Waals surface area contributed by atoms with Crippen LogP contribution in [0.15, 0.2) is 54.6 Å². The zero-order valence-electron chi connectivity index (χ0n) is 15.3. The lowest BCUT2D eigenvalue weighted by molar-refractivity contribution is -0.0843. The second-order valence-electron chi connectivity index (χ2n) is 7.86. The molecule has 1 aliphatic carbocycles. The first-order valence-corrected chi connectivity index (χ1v) is 9.90. The highest BCUT2D eigenvalue weighted by molar-refractivity contribution is 5.16. The van der Waals surface area contributed by atoms with Crippen LogP contribution in [0.4, 0.5) is 4.39 Å². The van der Waals surface area contributed by atoms with Gasteiger partial charge in [0.2, 0.25) is 0 Å². The molecule has 1 unspecified atom stereocenters. The first-order valence-electron chi connectivity index (χ1n) is 9.90. The predicted octanol–water partition coefficient (Wildman–Crippen LogP) is 5.03. The summed E-state index contributed by atoms with van der Waals surface area (Å²) in [4.78, 5) is 2.57. The van der Waals surface area contributed by atoms with Gasteiger partial charge in [0.1, 0.15) is 5.82 Å². The van der Waals surface area contributed by atoms with Gasteiger partial charge in [-0.15, -0.1) is 0 Å². The Kier molecular flexibility index (Phi) is 5.66. The van der Waals surface area contributed by atoms with Crippen LogP contribution in [0, 0.1) is 17.7 Å². The number of piperidine rings is 1. The van der Waals surface area contributed by atoms with Gasteiger partial charge in [-0.05, 0) is 47.9 Å². The van der Waals surface area contributed by atoms with Crippen molar-refractivity contribution < 1.29 is 9.13 Å². The van der Waals surface area contributed by atoms with Crippen LogP contribution in [0.5, 0.6) is 0 Å². The average Bonchev–Trinajstić information content (AvgIpc) is 2.68. The molecule has 1 saturated carbocycles. The summed E-state index contributed by atoms with van der Waals surface area (Å²) >= 11 is 0. The van der Waals surface area contributed by atoms with Crippen molar-refractivity contribution in [1.29, 1.82) is 0 Å². The molecule has 1 saturated heterocycles. The van der Waals surface area contributed by atoms with E-state index in [1.54, 1.807) is 0 Å². The van der Waals surface area contributed by atoms with Gasteiger partial charge in [0, 0.05) is 19.6 Å². The van der Waals surface area contributed by atoms with Crippen LogP contribution < -0.4 is 0 Å². The predicted molar refractivity (Wildman–Crippen MR) is 102 cm³/mol. The molecule has 3 atom stereocenters. The Labute approximate surface area is 156 Å². The number of nitrogens with zero attached hydrogens (tertiary/aromatic N) is 1. The molecule has 4 rings (SSSR count). The van der Waals surface area contributed by atoms with Crippen molar-refractivity contribution in [3.63, 3.8) is 0 Å². The maximum Gasteiger partial charge on any atom is 0.123 e. The number of benzene rings is 2. The van der Waals surface area contributed by atoms with E-state index in [0.717, 1.165) is 24.6 Å². The van der Waals surface area contributed by atoms with E-state index in [-0.39, 0.29) is 11.9 Å². The van der Waals surface area contributed by atoms with Crippen LogP contribution in [-0.4, -0.2) is 24.1 Å². The van der Waals surface area contributed by atoms with Crippen LogP contribution in [0.3, 0.4) is 0 Å². The zero-order chi connectivity index (χ0) is 17.8. The maximum absolute atomic E-state index is 13.1. The van der Waals surface area contributed by atoms with Gasteiger partial charge in [-0.25, -0.2) is 4.39 Å². The molecule has 0 spiro atoms. The Morgan fingerprint density at radius 1 is 0.885 bits per heavy atom. The molecule has 1 aliphatic heterocycles. The zero-order valence-corrected chi connectivity index (χ0v) is 15.3. The lowest BCUT2D eigenvalue weighted by Gasteiger charge is -2.46. The number of likely N-dealkylation sites (tertiary alicyclic amines) is 1. The van der Waals surface area contributed by atoms with Gasteiger partial charge in [0.25, 0.3) is 0 Å². The van der Waals surface area contributed by atoms with Gasteiger partial charge in [-0.2, -0.15) is 0 Å². The van der Waals surface area contributed by atoms with E-state index in [1.807, 2.05) is 12.1 Å². The highest BCUT2D eigenvalue weighted by atomic mass is 19.1. The van der Waals surface area contributed by atoms with Crippen LogP contribution in [-0.2, 0) is 17.9 Å². The lowest BCUT2D eigenvalue weighted by atomic mass is 9.73. The summed E-state index contributed by atoms with van der Waals surface area (Å²) < 4.78 is 19.5. The molecule has 0 radical (unpaired) electrons. The van der Waals surface area contributed by atoms with E-state index in [0.29, 0.717) is 12.5 Å². The molecule has 2 nitrogen and oxygen atoms in total. The monoisotopic (exact) mass is 353 g/mol. The first-order chi connectivity index (χ1) is 12.8. The minimum absolute atomic E-state index is 0.187. The van der Waals surface area contributed by atoms with Gasteiger partial charge in [-0.3, -0.25) is 4.90 Å². The molecule has 2 aliphatic rings. The van der Waals surface area contributed by atoms with E-state index < -0.39 is 0 Å². The summed E-state index contributed by atoms with van der Waals surface area (Å²) in [5, 5.41) is 0. The summed E-state index contributed by atoms with van der Waals surface area (Å²) in [6.45, 7) is 3.76. The highest BCUT2D eigenvalue weighted by Crippen LogP contribution is 2.38. The van der Waals surface area contributed by atoms with Crippen molar-refractivity contribution in [2.24, 2.45) is 11.8 Å². The molecule has 0 bridgehead atoms. The third kappa shape index (κ3) is 4.33. The van der Waals surface area contributed by atoms with Gasteiger partial charge < -0.3 is 4.74 Å². The molecule has 0 N–H and O–H groups in total. The second-order valence-corrected chi connectivity index (χ2v) is 7.86. The van der Waals surface area contributed by atoms with Gasteiger partial charge in [0.15, 0.2) is 0 Å². The smallest absolute Gasteiger partial charge is 0.123 e. The first kappa shape index (κ1) is 17.7. The SMILES string of the molecule is Fc1ccc(CO[C@H]2CN(Cc3ccccc3)CC3CCCC[C@H]32)cc1. The molecule has 2 fully saturated rings. The normalized spacial score (nSPS) is 26.4. The highest BCUT2D eigenvalue weighted by Gasteiger charge is 2.38. The van der Waals surface area contributed by atoms with Crippen LogP contribution >= 0.6 is 0 Å². The number of hydrogen-bond acceptors (Lipinski definition) is 2. The Bertz CT molecular complexity index is 687. The number of fused-ring (bicyclic) bond motifs is 1. The minimum atomic E-state index is -0.187. The number of rotatable bonds is 5. The fraction of sp³-hybridized carbons (Fsp3) is 0.478. The third-order valence-electron chi connectivity index (χ3n) is 6.00. The molecule has 1 heterocycles. The maximum atomic E-state index is 13.1. The fourth-order valence-corrected chi connectivity index (χ4v) is 4.68. The van der Waals surface area contributed by atoms with Crippen molar-refractivity contribution in [3.05, 3.63) is 71.5 Å². The summed E-state index contributed by atoms with van der Waals surface area (Å²) in [5.74, 6) is 1.24. The Hall–Kier alpha value is -1.71. The average molecular weight is 353 g/mol. The molecular formula is C23H28FNO. The van der Waals surface area contributed by atoms with E-state index in [4.69, 9.17) is 4.74 Å². The number of ether oxygens (including phenoxy) is 1. The summed E-state index contributed by atoms with van der Waals surface area (Å²) in [6.07, 6.45) is 5.58. The quantitative estimate of drug-likeness (QED) is 0.747. The largest absolute Gasteiger partial charge is 0.372 e. The van der Waals surface area contributed by atoms with Gasteiger partial charge >= 0.3 is 0 Å². The van der Waals surface area contributed by atoms with Crippen LogP contribution in [0.1, 0.15) is 36.8 Å². The summed E-state index contributed by atoms with van der Waals surface area (Å²) in [6, 6.07) is 17.4. The molecule has 2 aromatic carbocycles. The minimum Gasteiger partial charge on any atom is -0.372 e. The summed E-state index contributed by atoms with van der Waals surface area (Å²) in [7, 11) is 0. The molecular weight excluding hydrogens is 325 g/mol. The van der Waals surface area contributed by atoms with E-state index in [2.05, 4.69) is 35.2 Å². The van der Waals surface area contributed by atoms with Crippen molar-refractivity contribution in [3.8, 4) is 0 Å². The fourth-order valence-electron chi connectivity index (χ4n) is 4.68. The number of hydrogen-bond donors (Lipinski definition) is 0. The molecule has 26 heavy (non-hydrogen) atoms. The van der Waals surface area contributed by atoms with Gasteiger partial charge in [0.05, 0.1) is 12.7 Å². The Balaban J connectivity index is 1.42. The number of halogens is 1. The Morgan fingerprint density at radius 2 is 1.65 bits per heavy atom. The van der Waals surface area contributed by atoms with E-state index >= 15 is 0 Å². The van der Waals surface area contributed by atoms with Crippen LogP contribution in [0.25, 0.3) is 0 Å². The second kappa shape index (κ2) is 8.32. The van der Waals surface area contributed by atoms with E-state index in [9.17, 15) is 4.39 Å². The lowest BCUT2D eigenvalue weighted by Crippen LogP contribution is -2.50. The summed E-state index contributed by atoms with van der Waals surface area (Å²) in [5.41, 5.74) is 2.43. The third-order valence-corrected chi connectivity index (χ3v) is 6.00. The molecule has 2 aromatic rings. The molecule has 0 aromatic heterocycles. The van der Waals surface area contributed by atoms with Gasteiger partial charge in [-0.1, -0.05) is 55.3 Å². The Morgan fingerprint density at radius 3 is 2.46 bits per heavy atom. The van der Waals surface area contributed by atoms with Crippen molar-refractivity contribution in [2.75, 3.05) is 13.1 Å². The van der Waals surface area contributed by atoms with Crippen molar-refractivity contribution in [1.82, 2.24) is 4.90 Å². The topological polar surface area (TPSA) is 12.5 Å².